The van der Waals surface area contributed by atoms with Crippen LogP contribution < -0.4 is 5.32 Å². The van der Waals surface area contributed by atoms with Crippen molar-refractivity contribution in [3.05, 3.63) is 60.2 Å². The Morgan fingerprint density at radius 3 is 2.85 bits per heavy atom. The second kappa shape index (κ2) is 6.05. The van der Waals surface area contributed by atoms with Gasteiger partial charge in [-0.15, -0.1) is 0 Å². The molecule has 0 saturated heterocycles. The molecule has 0 bridgehead atoms. The van der Waals surface area contributed by atoms with Crippen LogP contribution in [0.1, 0.15) is 34.9 Å². The lowest BCUT2D eigenvalue weighted by Gasteiger charge is -2.06. The fraction of sp³-hybridized carbons (Fsp3) is 0.200. The van der Waals surface area contributed by atoms with Gasteiger partial charge in [-0.05, 0) is 42.5 Å². The summed E-state index contributed by atoms with van der Waals surface area (Å²) in [5.41, 5.74) is 4.41. The van der Waals surface area contributed by atoms with E-state index in [4.69, 9.17) is 0 Å². The zero-order chi connectivity index (χ0) is 18.4. The monoisotopic (exact) mass is 358 g/mol. The topological polar surface area (TPSA) is 88.5 Å². The molecule has 0 spiro atoms. The lowest BCUT2D eigenvalue weighted by Crippen LogP contribution is -2.18. The molecule has 1 amide bonds. The van der Waals surface area contributed by atoms with Gasteiger partial charge in [-0.3, -0.25) is 4.79 Å². The van der Waals surface area contributed by atoms with E-state index in [2.05, 4.69) is 55.7 Å². The molecule has 1 aliphatic carbocycles. The van der Waals surface area contributed by atoms with Crippen LogP contribution in [-0.2, 0) is 7.05 Å². The van der Waals surface area contributed by atoms with Crippen molar-refractivity contribution in [2.75, 3.05) is 5.32 Å². The van der Waals surface area contributed by atoms with Crippen LogP contribution in [0.2, 0.25) is 0 Å². The van der Waals surface area contributed by atoms with Gasteiger partial charge in [0.1, 0.15) is 17.8 Å². The largest absolute Gasteiger partial charge is 0.339 e. The highest BCUT2D eigenvalue weighted by Crippen LogP contribution is 2.44. The van der Waals surface area contributed by atoms with E-state index in [0.29, 0.717) is 11.7 Å². The van der Waals surface area contributed by atoms with E-state index in [0.717, 1.165) is 16.7 Å². The lowest BCUT2D eigenvalue weighted by molar-refractivity contribution is 0.101. The van der Waals surface area contributed by atoms with Crippen molar-refractivity contribution in [1.29, 1.82) is 0 Å². The normalized spacial score (nSPS) is 13.8. The van der Waals surface area contributed by atoms with Crippen molar-refractivity contribution in [2.45, 2.75) is 18.8 Å². The SMILES string of the molecule is Cn1ncnc1C(=O)Nc1ccc2cc(-c3ccccc3C3CC3)[nH]c2n1. The number of fused-ring (bicyclic) bond motifs is 1. The molecular weight excluding hydrogens is 340 g/mol. The fourth-order valence-electron chi connectivity index (χ4n) is 3.39. The molecule has 1 aromatic carbocycles. The minimum absolute atomic E-state index is 0.238. The average molecular weight is 358 g/mol. The van der Waals surface area contributed by atoms with Crippen LogP contribution in [0.25, 0.3) is 22.3 Å². The number of nitrogens with one attached hydrogen (secondary N) is 2. The first-order chi connectivity index (χ1) is 13.2. The van der Waals surface area contributed by atoms with Crippen LogP contribution in [0.5, 0.6) is 0 Å². The number of benzene rings is 1. The summed E-state index contributed by atoms with van der Waals surface area (Å²) in [6, 6.07) is 14.4. The van der Waals surface area contributed by atoms with Crippen LogP contribution in [0.3, 0.4) is 0 Å². The molecule has 1 aliphatic rings. The Labute approximate surface area is 155 Å². The van der Waals surface area contributed by atoms with E-state index in [1.54, 1.807) is 13.1 Å². The molecule has 1 fully saturated rings. The highest BCUT2D eigenvalue weighted by Gasteiger charge is 2.26. The molecule has 7 nitrogen and oxygen atoms in total. The Bertz CT molecular complexity index is 1150. The van der Waals surface area contributed by atoms with E-state index in [1.807, 2.05) is 6.07 Å². The highest BCUT2D eigenvalue weighted by molar-refractivity contribution is 6.01. The first kappa shape index (κ1) is 15.7. The van der Waals surface area contributed by atoms with Crippen LogP contribution in [0, 0.1) is 0 Å². The number of aryl methyl sites for hydroxylation is 1. The molecule has 3 heterocycles. The number of hydrogen-bond acceptors (Lipinski definition) is 4. The third-order valence-electron chi connectivity index (χ3n) is 4.90. The molecule has 5 rings (SSSR count). The Morgan fingerprint density at radius 2 is 2.07 bits per heavy atom. The van der Waals surface area contributed by atoms with Gasteiger partial charge >= 0.3 is 0 Å². The summed E-state index contributed by atoms with van der Waals surface area (Å²) in [4.78, 5) is 24.2. The molecule has 0 atom stereocenters. The summed E-state index contributed by atoms with van der Waals surface area (Å²) in [7, 11) is 1.67. The quantitative estimate of drug-likeness (QED) is 0.584. The number of aromatic nitrogens is 5. The Balaban J connectivity index is 1.47. The molecule has 27 heavy (non-hydrogen) atoms. The molecule has 2 N–H and O–H groups in total. The van der Waals surface area contributed by atoms with Crippen LogP contribution in [0.4, 0.5) is 5.82 Å². The smallest absolute Gasteiger partial charge is 0.294 e. The van der Waals surface area contributed by atoms with E-state index in [1.165, 1.54) is 35.0 Å². The summed E-state index contributed by atoms with van der Waals surface area (Å²) < 4.78 is 1.43. The number of aromatic amines is 1. The first-order valence-corrected chi connectivity index (χ1v) is 8.93. The second-order valence-electron chi connectivity index (χ2n) is 6.84. The van der Waals surface area contributed by atoms with Crippen molar-refractivity contribution in [3.8, 4) is 11.3 Å². The second-order valence-corrected chi connectivity index (χ2v) is 6.84. The lowest BCUT2D eigenvalue weighted by atomic mass is 10.0. The van der Waals surface area contributed by atoms with Crippen LogP contribution >= 0.6 is 0 Å². The van der Waals surface area contributed by atoms with Crippen LogP contribution in [-0.4, -0.2) is 30.6 Å². The molecule has 3 aromatic heterocycles. The maximum Gasteiger partial charge on any atom is 0.294 e. The van der Waals surface area contributed by atoms with Crippen molar-refractivity contribution in [2.24, 2.45) is 7.05 Å². The fourth-order valence-corrected chi connectivity index (χ4v) is 3.39. The summed E-state index contributed by atoms with van der Waals surface area (Å²) >= 11 is 0. The van der Waals surface area contributed by atoms with Gasteiger partial charge in [0.25, 0.3) is 5.91 Å². The minimum atomic E-state index is -0.340. The van der Waals surface area contributed by atoms with Gasteiger partial charge in [-0.2, -0.15) is 5.10 Å². The minimum Gasteiger partial charge on any atom is -0.339 e. The average Bonchev–Trinajstić information content (AvgIpc) is 3.29. The zero-order valence-corrected chi connectivity index (χ0v) is 14.8. The van der Waals surface area contributed by atoms with Gasteiger partial charge in [0.2, 0.25) is 5.82 Å². The number of anilines is 1. The summed E-state index contributed by atoms with van der Waals surface area (Å²) in [5.74, 6) is 1.04. The van der Waals surface area contributed by atoms with E-state index in [-0.39, 0.29) is 11.7 Å². The number of rotatable bonds is 4. The predicted molar refractivity (Wildman–Crippen MR) is 102 cm³/mol. The molecule has 7 heteroatoms. The van der Waals surface area contributed by atoms with Crippen molar-refractivity contribution >= 4 is 22.8 Å². The number of carbonyl (C=O) groups is 1. The highest BCUT2D eigenvalue weighted by atomic mass is 16.2. The number of pyridine rings is 1. The Hall–Kier alpha value is -3.48. The Kier molecular flexibility index (Phi) is 3.53. The van der Waals surface area contributed by atoms with E-state index in [9.17, 15) is 4.79 Å². The number of H-pyrrole nitrogens is 1. The van der Waals surface area contributed by atoms with Crippen molar-refractivity contribution < 1.29 is 4.79 Å². The van der Waals surface area contributed by atoms with Gasteiger partial charge < -0.3 is 10.3 Å². The predicted octanol–water partition coefficient (Wildman–Crippen LogP) is 3.49. The van der Waals surface area contributed by atoms with Gasteiger partial charge in [0.05, 0.1) is 0 Å². The zero-order valence-electron chi connectivity index (χ0n) is 14.8. The third-order valence-corrected chi connectivity index (χ3v) is 4.90. The number of nitrogens with zero attached hydrogens (tertiary/aromatic N) is 4. The van der Waals surface area contributed by atoms with Gasteiger partial charge in [0, 0.05) is 23.7 Å². The molecule has 0 aliphatic heterocycles. The van der Waals surface area contributed by atoms with Gasteiger partial charge in [-0.1, -0.05) is 24.3 Å². The number of hydrogen-bond donors (Lipinski definition) is 2. The maximum atomic E-state index is 12.3. The van der Waals surface area contributed by atoms with Crippen molar-refractivity contribution in [1.82, 2.24) is 24.7 Å². The van der Waals surface area contributed by atoms with Crippen molar-refractivity contribution in [3.63, 3.8) is 0 Å². The molecule has 4 aromatic rings. The Morgan fingerprint density at radius 1 is 1.22 bits per heavy atom. The third kappa shape index (κ3) is 2.87. The number of amides is 1. The van der Waals surface area contributed by atoms with E-state index < -0.39 is 0 Å². The molecule has 134 valence electrons. The molecular formula is C20H18N6O. The van der Waals surface area contributed by atoms with E-state index >= 15 is 0 Å². The molecule has 0 radical (unpaired) electrons. The maximum absolute atomic E-state index is 12.3. The molecule has 1 saturated carbocycles. The summed E-state index contributed by atoms with van der Waals surface area (Å²) in [5, 5.41) is 7.69. The number of carbonyl (C=O) groups excluding carboxylic acids is 1. The van der Waals surface area contributed by atoms with Gasteiger partial charge in [-0.25, -0.2) is 14.6 Å². The molecule has 0 unspecified atom stereocenters. The first-order valence-electron chi connectivity index (χ1n) is 8.93. The summed E-state index contributed by atoms with van der Waals surface area (Å²) in [6.45, 7) is 0. The standard InChI is InChI=1S/C20H18N6O/c1-26-19(21-11-22-26)20(27)25-17-9-8-13-10-16(23-18(13)24-17)15-5-3-2-4-14(15)12-6-7-12/h2-5,8-12H,6-7H2,1H3,(H2,23,24,25,27). The summed E-state index contributed by atoms with van der Waals surface area (Å²) in [6.07, 6.45) is 3.86. The van der Waals surface area contributed by atoms with Crippen LogP contribution in [0.15, 0.2) is 48.8 Å². The van der Waals surface area contributed by atoms with Gasteiger partial charge in [0.15, 0.2) is 0 Å².